The third-order valence-corrected chi connectivity index (χ3v) is 7.59. The number of furan rings is 1. The number of hydrogen-bond donors (Lipinski definition) is 1. The number of cyclic esters (lactones) is 1. The molecule has 160 valence electrons. The zero-order valence-corrected chi connectivity index (χ0v) is 16.9. The maximum absolute atomic E-state index is 13.8. The molecule has 1 N–H and O–H groups in total. The lowest BCUT2D eigenvalue weighted by Gasteiger charge is -2.54. The number of carbonyl (C=O) groups is 3. The molecule has 30 heavy (non-hydrogen) atoms. The summed E-state index contributed by atoms with van der Waals surface area (Å²) in [7, 11) is 0. The maximum atomic E-state index is 13.8. The summed E-state index contributed by atoms with van der Waals surface area (Å²) in [6.45, 7) is 7.41. The number of esters is 2. The number of ether oxygens (including phenoxy) is 3. The van der Waals surface area contributed by atoms with E-state index in [2.05, 4.69) is 6.58 Å². The van der Waals surface area contributed by atoms with Gasteiger partial charge in [0.15, 0.2) is 11.4 Å². The normalized spacial score (nSPS) is 44.8. The van der Waals surface area contributed by atoms with Crippen molar-refractivity contribution in [2.75, 3.05) is 6.61 Å². The molecule has 4 aliphatic rings. The van der Waals surface area contributed by atoms with Gasteiger partial charge in [-0.15, -0.1) is 0 Å². The smallest absolute Gasteiger partial charge is 0.320 e. The standard InChI is InChI=1S/C22H24O8/c1-11-7-21(26)12(2)22(10-28-22)17(29-13(3)23)6-15(21)18(24)20(11)8-16(30-19(20)25)14-4-5-27-9-14/h4-5,9,11,15-17,26H,2,6-8,10H2,1,3H3/t11-,15+,16+,17+,20-,21+,22+/m1/s1. The number of ketones is 1. The molecule has 3 heterocycles. The minimum absolute atomic E-state index is 0.0755. The summed E-state index contributed by atoms with van der Waals surface area (Å²) in [5, 5.41) is 11.6. The molecule has 0 amide bonds. The van der Waals surface area contributed by atoms with Crippen LogP contribution in [0.2, 0.25) is 0 Å². The van der Waals surface area contributed by atoms with Gasteiger partial charge in [-0.25, -0.2) is 0 Å². The highest BCUT2D eigenvalue weighted by Gasteiger charge is 2.74. The molecule has 0 radical (unpaired) electrons. The molecule has 0 aromatic carbocycles. The van der Waals surface area contributed by atoms with Crippen molar-refractivity contribution in [1.82, 2.24) is 0 Å². The van der Waals surface area contributed by atoms with E-state index < -0.39 is 52.6 Å². The Balaban J connectivity index is 1.52. The lowest BCUT2D eigenvalue weighted by Crippen LogP contribution is -2.66. The van der Waals surface area contributed by atoms with Crippen molar-refractivity contribution >= 4 is 17.7 Å². The van der Waals surface area contributed by atoms with E-state index in [0.29, 0.717) is 11.1 Å². The summed E-state index contributed by atoms with van der Waals surface area (Å²) in [4.78, 5) is 38.5. The van der Waals surface area contributed by atoms with E-state index in [4.69, 9.17) is 18.6 Å². The molecule has 4 fully saturated rings. The first-order valence-corrected chi connectivity index (χ1v) is 10.2. The number of aliphatic hydroxyl groups is 1. The van der Waals surface area contributed by atoms with Crippen molar-refractivity contribution in [2.24, 2.45) is 17.3 Å². The fraction of sp³-hybridized carbons (Fsp3) is 0.591. The van der Waals surface area contributed by atoms with E-state index in [0.717, 1.165) is 0 Å². The molecule has 2 spiro atoms. The Morgan fingerprint density at radius 3 is 2.67 bits per heavy atom. The summed E-state index contributed by atoms with van der Waals surface area (Å²) < 4.78 is 21.7. The van der Waals surface area contributed by atoms with E-state index >= 15 is 0 Å². The van der Waals surface area contributed by atoms with E-state index in [-0.39, 0.29) is 31.7 Å². The highest BCUT2D eigenvalue weighted by molar-refractivity contribution is 6.08. The Bertz CT molecular complexity index is 944. The van der Waals surface area contributed by atoms with Gasteiger partial charge < -0.3 is 23.7 Å². The monoisotopic (exact) mass is 416 g/mol. The highest BCUT2D eigenvalue weighted by Crippen LogP contribution is 2.62. The average Bonchev–Trinajstić information content (AvgIpc) is 3.12. The van der Waals surface area contributed by atoms with Crippen molar-refractivity contribution in [3.8, 4) is 0 Å². The van der Waals surface area contributed by atoms with Gasteiger partial charge >= 0.3 is 11.9 Å². The fourth-order valence-corrected chi connectivity index (χ4v) is 5.84. The molecular weight excluding hydrogens is 392 g/mol. The summed E-state index contributed by atoms with van der Waals surface area (Å²) in [6, 6.07) is 1.71. The van der Waals surface area contributed by atoms with Crippen LogP contribution in [0.3, 0.4) is 0 Å². The van der Waals surface area contributed by atoms with Gasteiger partial charge in [0.25, 0.3) is 0 Å². The lowest BCUT2D eigenvalue weighted by atomic mass is 9.50. The molecule has 2 saturated carbocycles. The molecule has 2 saturated heterocycles. The first-order valence-electron chi connectivity index (χ1n) is 10.2. The second-order valence-electron chi connectivity index (χ2n) is 9.06. The first-order chi connectivity index (χ1) is 14.1. The zero-order valence-electron chi connectivity index (χ0n) is 16.9. The summed E-state index contributed by atoms with van der Waals surface area (Å²) in [6.07, 6.45) is 2.11. The molecule has 8 nitrogen and oxygen atoms in total. The van der Waals surface area contributed by atoms with Crippen molar-refractivity contribution in [2.45, 2.75) is 56.5 Å². The van der Waals surface area contributed by atoms with Crippen LogP contribution >= 0.6 is 0 Å². The van der Waals surface area contributed by atoms with E-state index in [1.807, 2.05) is 0 Å². The van der Waals surface area contributed by atoms with Crippen LogP contribution in [0.4, 0.5) is 0 Å². The van der Waals surface area contributed by atoms with Gasteiger partial charge in [-0.3, -0.25) is 14.4 Å². The lowest BCUT2D eigenvalue weighted by molar-refractivity contribution is -0.180. The van der Waals surface area contributed by atoms with Crippen LogP contribution in [0, 0.1) is 17.3 Å². The highest BCUT2D eigenvalue weighted by atomic mass is 16.6. The molecule has 2 aliphatic carbocycles. The van der Waals surface area contributed by atoms with Crippen molar-refractivity contribution in [3.63, 3.8) is 0 Å². The van der Waals surface area contributed by atoms with Crippen LogP contribution in [0.1, 0.15) is 44.8 Å². The van der Waals surface area contributed by atoms with Gasteiger partial charge in [0.1, 0.15) is 17.6 Å². The number of carbonyl (C=O) groups excluding carboxylic acids is 3. The topological polar surface area (TPSA) is 116 Å². The van der Waals surface area contributed by atoms with Crippen molar-refractivity contribution in [1.29, 1.82) is 0 Å². The largest absolute Gasteiger partial charge is 0.472 e. The summed E-state index contributed by atoms with van der Waals surface area (Å²) in [5.74, 6) is -2.86. The van der Waals surface area contributed by atoms with E-state index in [9.17, 15) is 19.5 Å². The van der Waals surface area contributed by atoms with Crippen LogP contribution in [-0.2, 0) is 28.6 Å². The number of fused-ring (bicyclic) bond motifs is 1. The van der Waals surface area contributed by atoms with E-state index in [1.165, 1.54) is 19.5 Å². The van der Waals surface area contributed by atoms with Crippen LogP contribution < -0.4 is 0 Å². The van der Waals surface area contributed by atoms with Crippen molar-refractivity contribution in [3.05, 3.63) is 36.3 Å². The molecule has 8 heteroatoms. The van der Waals surface area contributed by atoms with Crippen LogP contribution in [0.25, 0.3) is 0 Å². The predicted octanol–water partition coefficient (Wildman–Crippen LogP) is 1.87. The number of epoxide rings is 1. The molecular formula is C22H24O8. The van der Waals surface area contributed by atoms with Gasteiger partial charge in [-0.2, -0.15) is 0 Å². The molecule has 5 rings (SSSR count). The quantitative estimate of drug-likeness (QED) is 0.336. The second kappa shape index (κ2) is 6.04. The number of hydrogen-bond acceptors (Lipinski definition) is 8. The number of Topliss-reactive ketones (excluding diaryl/α,β-unsaturated/α-hetero) is 1. The van der Waals surface area contributed by atoms with Crippen LogP contribution in [-0.4, -0.2) is 46.7 Å². The van der Waals surface area contributed by atoms with Gasteiger partial charge in [0.05, 0.1) is 30.7 Å². The Labute approximate surface area is 173 Å². The Kier molecular flexibility index (Phi) is 3.93. The van der Waals surface area contributed by atoms with Gasteiger partial charge in [-0.1, -0.05) is 13.5 Å². The molecule has 0 bridgehead atoms. The average molecular weight is 416 g/mol. The van der Waals surface area contributed by atoms with Gasteiger partial charge in [0, 0.05) is 25.3 Å². The summed E-state index contributed by atoms with van der Waals surface area (Å²) >= 11 is 0. The minimum atomic E-state index is -1.52. The SMILES string of the molecule is C=C1[C@@]2(CO2)[C@@H](OC(C)=O)C[C@H]2C(=O)[C@@]3(C[C@@H](c4ccoc4)OC3=O)[C@H](C)C[C@]12O. The van der Waals surface area contributed by atoms with Gasteiger partial charge in [0.2, 0.25) is 0 Å². The molecule has 0 unspecified atom stereocenters. The molecule has 1 aromatic heterocycles. The predicted molar refractivity (Wildman–Crippen MR) is 99.8 cm³/mol. The third-order valence-electron chi connectivity index (χ3n) is 7.59. The second-order valence-corrected chi connectivity index (χ2v) is 9.06. The maximum Gasteiger partial charge on any atom is 0.320 e. The zero-order chi connectivity index (χ0) is 21.5. The summed E-state index contributed by atoms with van der Waals surface area (Å²) in [5.41, 5.74) is -2.81. The van der Waals surface area contributed by atoms with Gasteiger partial charge in [-0.05, 0) is 24.0 Å². The Morgan fingerprint density at radius 1 is 1.33 bits per heavy atom. The molecule has 1 aromatic rings. The Hall–Kier alpha value is -2.45. The van der Waals surface area contributed by atoms with Crippen LogP contribution in [0.15, 0.2) is 35.2 Å². The fourth-order valence-electron chi connectivity index (χ4n) is 5.84. The molecule has 2 aliphatic heterocycles. The molecule has 7 atom stereocenters. The third kappa shape index (κ3) is 2.32. The first kappa shape index (κ1) is 19.5. The minimum Gasteiger partial charge on any atom is -0.472 e. The Morgan fingerprint density at radius 2 is 2.07 bits per heavy atom. The van der Waals surface area contributed by atoms with Crippen LogP contribution in [0.5, 0.6) is 0 Å². The van der Waals surface area contributed by atoms with Crippen molar-refractivity contribution < 1.29 is 38.1 Å². The van der Waals surface area contributed by atoms with E-state index in [1.54, 1.807) is 13.0 Å². The number of rotatable bonds is 2.